The van der Waals surface area contributed by atoms with Gasteiger partial charge in [0.05, 0.1) is 11.2 Å². The number of piperidine rings is 1. The van der Waals surface area contributed by atoms with Gasteiger partial charge in [-0.2, -0.15) is 0 Å². The van der Waals surface area contributed by atoms with Gasteiger partial charge in [-0.1, -0.05) is 0 Å². The SMILES string of the molecule is CN(Cc1cscn1)C1CCN(C(=O)[C@H]2CCCO2)CC1. The second-order valence-corrected chi connectivity index (χ2v) is 6.67. The van der Waals surface area contributed by atoms with Gasteiger partial charge in [0.25, 0.3) is 5.91 Å². The Balaban J connectivity index is 1.47. The average molecular weight is 309 g/mol. The molecule has 0 aliphatic carbocycles. The molecule has 2 fully saturated rings. The van der Waals surface area contributed by atoms with Gasteiger partial charge < -0.3 is 9.64 Å². The van der Waals surface area contributed by atoms with Crippen molar-refractivity contribution in [3.05, 3.63) is 16.6 Å². The molecule has 2 aliphatic rings. The lowest BCUT2D eigenvalue weighted by atomic mass is 10.0. The van der Waals surface area contributed by atoms with Crippen LogP contribution in [0.5, 0.6) is 0 Å². The molecule has 1 aromatic rings. The van der Waals surface area contributed by atoms with E-state index in [1.807, 2.05) is 10.4 Å². The molecule has 116 valence electrons. The minimum atomic E-state index is -0.172. The number of ether oxygens (including phenoxy) is 1. The summed E-state index contributed by atoms with van der Waals surface area (Å²) >= 11 is 1.64. The monoisotopic (exact) mass is 309 g/mol. The molecule has 0 saturated carbocycles. The van der Waals surface area contributed by atoms with Crippen LogP contribution in [0.15, 0.2) is 10.9 Å². The fourth-order valence-corrected chi connectivity index (χ4v) is 3.75. The van der Waals surface area contributed by atoms with Gasteiger partial charge in [0, 0.05) is 37.7 Å². The highest BCUT2D eigenvalue weighted by Gasteiger charge is 2.31. The Hall–Kier alpha value is -0.980. The highest BCUT2D eigenvalue weighted by atomic mass is 32.1. The predicted molar refractivity (Wildman–Crippen MR) is 82.2 cm³/mol. The van der Waals surface area contributed by atoms with Crippen molar-refractivity contribution < 1.29 is 9.53 Å². The molecule has 0 aromatic carbocycles. The molecule has 2 aliphatic heterocycles. The molecule has 6 heteroatoms. The Morgan fingerprint density at radius 2 is 2.29 bits per heavy atom. The Bertz CT molecular complexity index is 451. The third kappa shape index (κ3) is 3.62. The van der Waals surface area contributed by atoms with Crippen molar-refractivity contribution in [1.29, 1.82) is 0 Å². The molecule has 0 unspecified atom stereocenters. The van der Waals surface area contributed by atoms with Crippen LogP contribution in [-0.2, 0) is 16.1 Å². The fourth-order valence-electron chi connectivity index (χ4n) is 3.20. The maximum absolute atomic E-state index is 12.3. The molecular formula is C15H23N3O2S. The molecule has 0 radical (unpaired) electrons. The molecule has 1 aromatic heterocycles. The minimum Gasteiger partial charge on any atom is -0.368 e. The fraction of sp³-hybridized carbons (Fsp3) is 0.733. The smallest absolute Gasteiger partial charge is 0.251 e. The van der Waals surface area contributed by atoms with E-state index in [1.54, 1.807) is 11.3 Å². The number of nitrogens with zero attached hydrogens (tertiary/aromatic N) is 3. The van der Waals surface area contributed by atoms with E-state index in [0.717, 1.165) is 57.6 Å². The third-order valence-corrected chi connectivity index (χ3v) is 5.13. The van der Waals surface area contributed by atoms with Crippen molar-refractivity contribution in [2.45, 2.75) is 44.4 Å². The Morgan fingerprint density at radius 1 is 1.48 bits per heavy atom. The van der Waals surface area contributed by atoms with Crippen molar-refractivity contribution in [2.24, 2.45) is 0 Å². The van der Waals surface area contributed by atoms with Crippen LogP contribution in [0.25, 0.3) is 0 Å². The van der Waals surface area contributed by atoms with E-state index in [0.29, 0.717) is 6.04 Å². The molecule has 0 bridgehead atoms. The number of amides is 1. The van der Waals surface area contributed by atoms with Crippen molar-refractivity contribution in [1.82, 2.24) is 14.8 Å². The lowest BCUT2D eigenvalue weighted by Crippen LogP contribution is -2.48. The zero-order chi connectivity index (χ0) is 14.7. The Morgan fingerprint density at radius 3 is 2.90 bits per heavy atom. The van der Waals surface area contributed by atoms with Crippen LogP contribution in [0, 0.1) is 0 Å². The highest BCUT2D eigenvalue weighted by molar-refractivity contribution is 7.07. The summed E-state index contributed by atoms with van der Waals surface area (Å²) in [6, 6.07) is 0.542. The van der Waals surface area contributed by atoms with Gasteiger partial charge in [-0.3, -0.25) is 9.69 Å². The zero-order valence-corrected chi connectivity index (χ0v) is 13.3. The quantitative estimate of drug-likeness (QED) is 0.850. The van der Waals surface area contributed by atoms with Gasteiger partial charge in [0.15, 0.2) is 0 Å². The Kier molecular flexibility index (Phi) is 4.87. The van der Waals surface area contributed by atoms with Crippen LogP contribution in [0.4, 0.5) is 0 Å². The van der Waals surface area contributed by atoms with Crippen LogP contribution in [0.2, 0.25) is 0 Å². The van der Waals surface area contributed by atoms with E-state index in [4.69, 9.17) is 4.74 Å². The molecule has 0 spiro atoms. The number of aromatic nitrogens is 1. The molecule has 2 saturated heterocycles. The summed E-state index contributed by atoms with van der Waals surface area (Å²) in [5.74, 6) is 0.202. The van der Waals surface area contributed by atoms with Crippen molar-refractivity contribution >= 4 is 17.2 Å². The van der Waals surface area contributed by atoms with E-state index in [2.05, 4.69) is 22.3 Å². The molecule has 1 amide bonds. The summed E-state index contributed by atoms with van der Waals surface area (Å²) in [5.41, 5.74) is 3.02. The van der Waals surface area contributed by atoms with Crippen LogP contribution in [0.1, 0.15) is 31.4 Å². The van der Waals surface area contributed by atoms with E-state index in [9.17, 15) is 4.79 Å². The number of hydrogen-bond acceptors (Lipinski definition) is 5. The van der Waals surface area contributed by atoms with Crippen LogP contribution >= 0.6 is 11.3 Å². The van der Waals surface area contributed by atoms with Crippen molar-refractivity contribution in [3.63, 3.8) is 0 Å². The van der Waals surface area contributed by atoms with Crippen LogP contribution in [-0.4, -0.2) is 59.6 Å². The lowest BCUT2D eigenvalue weighted by molar-refractivity contribution is -0.142. The first kappa shape index (κ1) is 14.9. The number of hydrogen-bond donors (Lipinski definition) is 0. The molecule has 0 N–H and O–H groups in total. The first-order chi connectivity index (χ1) is 10.2. The summed E-state index contributed by atoms with van der Waals surface area (Å²) in [7, 11) is 2.15. The van der Waals surface area contributed by atoms with Crippen LogP contribution in [0.3, 0.4) is 0 Å². The van der Waals surface area contributed by atoms with Gasteiger partial charge >= 0.3 is 0 Å². The molecule has 3 rings (SSSR count). The lowest BCUT2D eigenvalue weighted by Gasteiger charge is -2.37. The average Bonchev–Trinajstić information content (AvgIpc) is 3.20. The zero-order valence-electron chi connectivity index (χ0n) is 12.5. The molecule has 3 heterocycles. The summed E-state index contributed by atoms with van der Waals surface area (Å²) in [6.45, 7) is 3.34. The first-order valence-electron chi connectivity index (χ1n) is 7.72. The van der Waals surface area contributed by atoms with E-state index in [1.165, 1.54) is 0 Å². The standard InChI is InChI=1S/C15H23N3O2S/c1-17(9-12-10-21-11-16-12)13-4-6-18(7-5-13)15(19)14-3-2-8-20-14/h10-11,13-14H,2-9H2,1H3/t14-/m1/s1. The van der Waals surface area contributed by atoms with E-state index < -0.39 is 0 Å². The van der Waals surface area contributed by atoms with E-state index >= 15 is 0 Å². The van der Waals surface area contributed by atoms with Crippen LogP contribution < -0.4 is 0 Å². The van der Waals surface area contributed by atoms with Gasteiger partial charge in [-0.05, 0) is 32.7 Å². The maximum atomic E-state index is 12.3. The number of likely N-dealkylation sites (tertiary alicyclic amines) is 1. The number of carbonyl (C=O) groups is 1. The topological polar surface area (TPSA) is 45.7 Å². The summed E-state index contributed by atoms with van der Waals surface area (Å²) in [6.07, 6.45) is 3.82. The summed E-state index contributed by atoms with van der Waals surface area (Å²) < 4.78 is 5.50. The van der Waals surface area contributed by atoms with Gasteiger partial charge in [0.2, 0.25) is 0 Å². The molecule has 5 nitrogen and oxygen atoms in total. The maximum Gasteiger partial charge on any atom is 0.251 e. The second kappa shape index (κ2) is 6.85. The normalized spacial score (nSPS) is 23.9. The molecule has 21 heavy (non-hydrogen) atoms. The second-order valence-electron chi connectivity index (χ2n) is 5.95. The molecular weight excluding hydrogens is 286 g/mol. The number of carbonyl (C=O) groups excluding carboxylic acids is 1. The van der Waals surface area contributed by atoms with E-state index in [-0.39, 0.29) is 12.0 Å². The van der Waals surface area contributed by atoms with Crippen molar-refractivity contribution in [2.75, 3.05) is 26.7 Å². The largest absolute Gasteiger partial charge is 0.368 e. The number of rotatable bonds is 4. The van der Waals surface area contributed by atoms with Crippen molar-refractivity contribution in [3.8, 4) is 0 Å². The molecule has 1 atom stereocenters. The third-order valence-electron chi connectivity index (χ3n) is 4.50. The minimum absolute atomic E-state index is 0.172. The summed E-state index contributed by atoms with van der Waals surface area (Å²) in [4.78, 5) is 21.0. The summed E-state index contributed by atoms with van der Waals surface area (Å²) in [5, 5.41) is 2.10. The van der Waals surface area contributed by atoms with Gasteiger partial charge in [-0.15, -0.1) is 11.3 Å². The highest BCUT2D eigenvalue weighted by Crippen LogP contribution is 2.21. The predicted octanol–water partition coefficient (Wildman–Crippen LogP) is 1.74. The Labute approximate surface area is 129 Å². The van der Waals surface area contributed by atoms with Gasteiger partial charge in [0.1, 0.15) is 6.10 Å². The van der Waals surface area contributed by atoms with Gasteiger partial charge in [-0.25, -0.2) is 4.98 Å². The first-order valence-corrected chi connectivity index (χ1v) is 8.66. The number of thiazole rings is 1.